The summed E-state index contributed by atoms with van der Waals surface area (Å²) in [6, 6.07) is 11.2. The van der Waals surface area contributed by atoms with E-state index >= 15 is 0 Å². The number of amides is 1. The number of hydrogen-bond acceptors (Lipinski definition) is 7. The van der Waals surface area contributed by atoms with Gasteiger partial charge in [0.1, 0.15) is 6.67 Å². The maximum Gasteiger partial charge on any atom is 0.340 e. The van der Waals surface area contributed by atoms with Gasteiger partial charge in [-0.15, -0.1) is 0 Å². The third-order valence-electron chi connectivity index (χ3n) is 4.23. The Morgan fingerprint density at radius 3 is 2.28 bits per heavy atom. The predicted octanol–water partition coefficient (Wildman–Crippen LogP) is 2.36. The molecule has 0 saturated carbocycles. The summed E-state index contributed by atoms with van der Waals surface area (Å²) in [5.74, 6) is -0.837. The molecular formula is C19H18FN4O6PS. The first kappa shape index (κ1) is 23.5. The summed E-state index contributed by atoms with van der Waals surface area (Å²) in [7, 11) is -8.98. The Bertz CT molecular complexity index is 1290. The number of nitrogen functional groups attached to an aromatic ring is 1. The Morgan fingerprint density at radius 1 is 1.09 bits per heavy atom. The van der Waals surface area contributed by atoms with Crippen LogP contribution in [0.4, 0.5) is 15.9 Å². The highest BCUT2D eigenvalue weighted by atomic mass is 32.2. The van der Waals surface area contributed by atoms with Gasteiger partial charge in [0.15, 0.2) is 26.8 Å². The van der Waals surface area contributed by atoms with Crippen molar-refractivity contribution in [2.24, 2.45) is 0 Å². The van der Waals surface area contributed by atoms with Gasteiger partial charge in [-0.05, 0) is 29.8 Å². The normalized spacial score (nSPS) is 11.8. The van der Waals surface area contributed by atoms with E-state index in [0.29, 0.717) is 16.8 Å². The number of nitrogens with one attached hydrogen (secondary N) is 1. The van der Waals surface area contributed by atoms with E-state index in [2.05, 4.69) is 15.3 Å². The fourth-order valence-corrected chi connectivity index (χ4v) is 5.62. The van der Waals surface area contributed by atoms with Gasteiger partial charge >= 0.3 is 7.60 Å². The molecule has 10 nitrogen and oxygen atoms in total. The molecule has 0 atom stereocenters. The zero-order valence-electron chi connectivity index (χ0n) is 16.3. The number of halogens is 1. The van der Waals surface area contributed by atoms with Gasteiger partial charge in [-0.25, -0.2) is 22.8 Å². The van der Waals surface area contributed by atoms with Crippen LogP contribution in [0.3, 0.4) is 0 Å². The summed E-state index contributed by atoms with van der Waals surface area (Å²) < 4.78 is 47.7. The van der Waals surface area contributed by atoms with Crippen LogP contribution in [0.1, 0.15) is 16.1 Å². The molecule has 3 aromatic rings. The molecule has 1 heterocycles. The van der Waals surface area contributed by atoms with Gasteiger partial charge in [0.25, 0.3) is 5.91 Å². The third kappa shape index (κ3) is 5.74. The lowest BCUT2D eigenvalue weighted by molar-refractivity contribution is 0.102. The lowest BCUT2D eigenvalue weighted by Gasteiger charge is -2.10. The molecule has 0 aliphatic rings. The Kier molecular flexibility index (Phi) is 6.70. The molecule has 0 fully saturated rings. The average Bonchev–Trinajstić information content (AvgIpc) is 2.73. The van der Waals surface area contributed by atoms with E-state index in [1.165, 1.54) is 18.3 Å². The molecule has 0 aliphatic carbocycles. The monoisotopic (exact) mass is 480 g/mol. The van der Waals surface area contributed by atoms with Crippen molar-refractivity contribution in [1.82, 2.24) is 9.97 Å². The Labute approximate surface area is 182 Å². The number of alkyl halides is 1. The van der Waals surface area contributed by atoms with Crippen molar-refractivity contribution in [1.29, 1.82) is 0 Å². The van der Waals surface area contributed by atoms with Gasteiger partial charge in [-0.2, -0.15) is 0 Å². The van der Waals surface area contributed by atoms with Crippen molar-refractivity contribution in [3.05, 3.63) is 66.0 Å². The summed E-state index contributed by atoms with van der Waals surface area (Å²) in [6.45, 7) is -0.610. The molecule has 1 amide bonds. The van der Waals surface area contributed by atoms with E-state index in [1.807, 2.05) is 0 Å². The summed E-state index contributed by atoms with van der Waals surface area (Å²) in [4.78, 5) is 38.3. The van der Waals surface area contributed by atoms with Crippen LogP contribution in [-0.4, -0.2) is 39.6 Å². The van der Waals surface area contributed by atoms with Crippen molar-refractivity contribution in [3.63, 3.8) is 0 Å². The minimum absolute atomic E-state index is 0.132. The quantitative estimate of drug-likeness (QED) is 0.370. The SMILES string of the molecule is Nc1ncc(-c2ccc(CF)cc2)nc1C(=O)Nc1ccc(S(=O)(=O)CP(=O)(O)O)cc1. The number of carbonyl (C=O) groups is 1. The number of hydrogen-bond donors (Lipinski definition) is 4. The average molecular weight is 480 g/mol. The van der Waals surface area contributed by atoms with Crippen molar-refractivity contribution >= 4 is 34.8 Å². The maximum absolute atomic E-state index is 12.7. The van der Waals surface area contributed by atoms with Crippen LogP contribution in [0, 0.1) is 0 Å². The Morgan fingerprint density at radius 2 is 1.72 bits per heavy atom. The molecule has 0 radical (unpaired) electrons. The zero-order valence-corrected chi connectivity index (χ0v) is 18.1. The topological polar surface area (TPSA) is 173 Å². The van der Waals surface area contributed by atoms with E-state index in [1.54, 1.807) is 24.3 Å². The van der Waals surface area contributed by atoms with Crippen LogP contribution in [0.2, 0.25) is 0 Å². The highest BCUT2D eigenvalue weighted by Gasteiger charge is 2.26. The number of nitrogens with zero attached hydrogens (tertiary/aromatic N) is 2. The van der Waals surface area contributed by atoms with Crippen LogP contribution < -0.4 is 11.1 Å². The second kappa shape index (κ2) is 9.13. The van der Waals surface area contributed by atoms with E-state index in [-0.39, 0.29) is 22.1 Å². The van der Waals surface area contributed by atoms with Crippen molar-refractivity contribution in [2.75, 3.05) is 16.5 Å². The van der Waals surface area contributed by atoms with Crippen molar-refractivity contribution < 1.29 is 32.0 Å². The standard InChI is InChI=1S/C19H18FN4O6PS/c20-9-12-1-3-13(4-2-12)16-10-22-18(21)17(24-16)19(25)23-14-5-7-15(8-6-14)32(29,30)11-31(26,27)28/h1-8,10H,9,11H2,(H2,21,22)(H,23,25)(H2,26,27,28). The minimum atomic E-state index is -4.77. The molecule has 5 N–H and O–H groups in total. The number of carbonyl (C=O) groups excluding carboxylic acids is 1. The first-order valence-electron chi connectivity index (χ1n) is 8.95. The van der Waals surface area contributed by atoms with E-state index < -0.39 is 35.5 Å². The van der Waals surface area contributed by atoms with Crippen LogP contribution in [0.5, 0.6) is 0 Å². The highest BCUT2D eigenvalue weighted by molar-refractivity contribution is 7.97. The van der Waals surface area contributed by atoms with Crippen LogP contribution in [0.15, 0.2) is 59.6 Å². The van der Waals surface area contributed by atoms with Gasteiger partial charge in [0.05, 0.1) is 16.8 Å². The fraction of sp³-hybridized carbons (Fsp3) is 0.105. The molecule has 0 aliphatic heterocycles. The minimum Gasteiger partial charge on any atom is -0.382 e. The first-order valence-corrected chi connectivity index (χ1v) is 12.4. The molecule has 3 rings (SSSR count). The molecule has 0 saturated heterocycles. The van der Waals surface area contributed by atoms with Gasteiger partial charge in [0.2, 0.25) is 0 Å². The summed E-state index contributed by atoms with van der Waals surface area (Å²) in [5, 5.41) is 2.50. The second-order valence-electron chi connectivity index (χ2n) is 6.71. The first-order chi connectivity index (χ1) is 15.0. The highest BCUT2D eigenvalue weighted by Crippen LogP contribution is 2.38. The molecule has 0 bridgehead atoms. The predicted molar refractivity (Wildman–Crippen MR) is 115 cm³/mol. The van der Waals surface area contributed by atoms with Gasteiger partial charge in [0, 0.05) is 11.3 Å². The number of nitrogens with two attached hydrogens (primary N) is 1. The fourth-order valence-electron chi connectivity index (χ4n) is 2.70. The Hall–Kier alpha value is -3.18. The molecule has 1 aromatic heterocycles. The van der Waals surface area contributed by atoms with Crippen LogP contribution in [0.25, 0.3) is 11.3 Å². The molecule has 2 aromatic carbocycles. The summed E-state index contributed by atoms with van der Waals surface area (Å²) in [6.07, 6.45) is 1.37. The summed E-state index contributed by atoms with van der Waals surface area (Å²) in [5.41, 5.74) is 5.90. The smallest absolute Gasteiger partial charge is 0.340 e. The van der Waals surface area contributed by atoms with E-state index in [0.717, 1.165) is 12.1 Å². The molecule has 168 valence electrons. The van der Waals surface area contributed by atoms with E-state index in [4.69, 9.17) is 15.5 Å². The number of sulfone groups is 1. The number of benzene rings is 2. The molecular weight excluding hydrogens is 462 g/mol. The third-order valence-corrected chi connectivity index (χ3v) is 7.92. The largest absolute Gasteiger partial charge is 0.382 e. The summed E-state index contributed by atoms with van der Waals surface area (Å²) >= 11 is 0. The van der Waals surface area contributed by atoms with Crippen LogP contribution >= 0.6 is 7.60 Å². The van der Waals surface area contributed by atoms with Gasteiger partial charge in [-0.1, -0.05) is 24.3 Å². The lowest BCUT2D eigenvalue weighted by Crippen LogP contribution is -2.17. The van der Waals surface area contributed by atoms with Crippen molar-refractivity contribution in [3.8, 4) is 11.3 Å². The number of aromatic nitrogens is 2. The molecule has 32 heavy (non-hydrogen) atoms. The zero-order chi connectivity index (χ0) is 23.5. The second-order valence-corrected chi connectivity index (χ2v) is 10.8. The van der Waals surface area contributed by atoms with Gasteiger partial charge < -0.3 is 20.8 Å². The molecule has 0 unspecified atom stereocenters. The maximum atomic E-state index is 12.7. The number of anilines is 2. The van der Waals surface area contributed by atoms with Crippen LogP contribution in [-0.2, 0) is 21.1 Å². The number of rotatable bonds is 7. The van der Waals surface area contributed by atoms with Gasteiger partial charge in [-0.3, -0.25) is 9.36 Å². The molecule has 0 spiro atoms. The molecule has 13 heteroatoms. The Balaban J connectivity index is 1.80. The van der Waals surface area contributed by atoms with E-state index in [9.17, 15) is 22.2 Å². The lowest BCUT2D eigenvalue weighted by atomic mass is 10.1. The van der Waals surface area contributed by atoms with Crippen molar-refractivity contribution in [2.45, 2.75) is 11.6 Å².